The van der Waals surface area contributed by atoms with E-state index in [-0.39, 0.29) is 23.0 Å². The zero-order chi connectivity index (χ0) is 15.0. The Morgan fingerprint density at radius 3 is 2.48 bits per heavy atom. The summed E-state index contributed by atoms with van der Waals surface area (Å²) in [4.78, 5) is 16.3. The van der Waals surface area contributed by atoms with Crippen molar-refractivity contribution in [3.05, 3.63) is 30.3 Å². The predicted octanol–water partition coefficient (Wildman–Crippen LogP) is 0.911. The van der Waals surface area contributed by atoms with Gasteiger partial charge in [-0.25, -0.2) is 8.42 Å². The van der Waals surface area contributed by atoms with Gasteiger partial charge in [-0.15, -0.1) is 0 Å². The van der Waals surface area contributed by atoms with Gasteiger partial charge in [-0.3, -0.25) is 9.69 Å². The molecule has 0 aliphatic carbocycles. The number of rotatable bonds is 4. The number of sulfone groups is 1. The quantitative estimate of drug-likeness (QED) is 0.829. The number of nitrogens with zero attached hydrogens (tertiary/aromatic N) is 2. The number of likely N-dealkylation sites (tertiary alicyclic amines) is 1. The van der Waals surface area contributed by atoms with E-state index in [1.807, 2.05) is 35.2 Å². The maximum absolute atomic E-state index is 12.5. The molecule has 5 nitrogen and oxygen atoms in total. The van der Waals surface area contributed by atoms with Crippen molar-refractivity contribution in [2.45, 2.75) is 24.6 Å². The average molecular weight is 308 g/mol. The molecule has 0 radical (unpaired) electrons. The number of carbonyl (C=O) groups excluding carboxylic acids is 1. The average Bonchev–Trinajstić information content (AvgIpc) is 2.80. The minimum Gasteiger partial charge on any atom is -0.311 e. The first-order valence-corrected chi connectivity index (χ1v) is 9.06. The van der Waals surface area contributed by atoms with E-state index in [0.717, 1.165) is 12.1 Å². The summed E-state index contributed by atoms with van der Waals surface area (Å²) in [5.74, 6) is 0.272. The van der Waals surface area contributed by atoms with Crippen molar-refractivity contribution in [2.24, 2.45) is 0 Å². The topological polar surface area (TPSA) is 57.7 Å². The summed E-state index contributed by atoms with van der Waals surface area (Å²) >= 11 is 0. The molecule has 0 spiro atoms. The Hall–Kier alpha value is -1.40. The lowest BCUT2D eigenvalue weighted by atomic mass is 10.1. The van der Waals surface area contributed by atoms with Crippen LogP contribution in [0, 0.1) is 0 Å². The number of anilines is 1. The van der Waals surface area contributed by atoms with Gasteiger partial charge in [0.1, 0.15) is 0 Å². The maximum Gasteiger partial charge on any atom is 0.244 e. The van der Waals surface area contributed by atoms with Crippen LogP contribution in [0.4, 0.5) is 5.69 Å². The fourth-order valence-electron chi connectivity index (χ4n) is 3.05. The van der Waals surface area contributed by atoms with Crippen molar-refractivity contribution in [3.63, 3.8) is 0 Å². The van der Waals surface area contributed by atoms with Gasteiger partial charge in [0.25, 0.3) is 0 Å². The molecular weight excluding hydrogens is 288 g/mol. The van der Waals surface area contributed by atoms with E-state index in [0.29, 0.717) is 19.6 Å². The molecule has 6 heteroatoms. The molecule has 21 heavy (non-hydrogen) atoms. The summed E-state index contributed by atoms with van der Waals surface area (Å²) in [7, 11) is -2.97. The largest absolute Gasteiger partial charge is 0.311 e. The summed E-state index contributed by atoms with van der Waals surface area (Å²) < 4.78 is 23.6. The minimum atomic E-state index is -2.97. The standard InChI is InChI=1S/C15H20N2O3S/c1-2-21(19,20)13-10-16(11-13)14-8-9-17(15(14)18)12-6-4-3-5-7-12/h3-7,13-14H,2,8-11H2,1H3. The number of hydrogen-bond donors (Lipinski definition) is 0. The van der Waals surface area contributed by atoms with Crippen molar-refractivity contribution >= 4 is 21.4 Å². The van der Waals surface area contributed by atoms with Crippen molar-refractivity contribution in [3.8, 4) is 0 Å². The van der Waals surface area contributed by atoms with Gasteiger partial charge in [-0.1, -0.05) is 25.1 Å². The van der Waals surface area contributed by atoms with Crippen molar-refractivity contribution in [2.75, 3.05) is 30.3 Å². The molecule has 1 aromatic carbocycles. The third kappa shape index (κ3) is 2.58. The van der Waals surface area contributed by atoms with E-state index in [1.165, 1.54) is 0 Å². The van der Waals surface area contributed by atoms with Gasteiger partial charge in [0.05, 0.1) is 11.3 Å². The summed E-state index contributed by atoms with van der Waals surface area (Å²) in [5.41, 5.74) is 0.920. The molecule has 0 aromatic heterocycles. The molecule has 2 saturated heterocycles. The van der Waals surface area contributed by atoms with E-state index in [2.05, 4.69) is 0 Å². The van der Waals surface area contributed by atoms with Crippen LogP contribution in [-0.2, 0) is 14.6 Å². The smallest absolute Gasteiger partial charge is 0.244 e. The van der Waals surface area contributed by atoms with Gasteiger partial charge in [0, 0.05) is 31.1 Å². The Morgan fingerprint density at radius 2 is 1.86 bits per heavy atom. The predicted molar refractivity (Wildman–Crippen MR) is 82.0 cm³/mol. The fourth-order valence-corrected chi connectivity index (χ4v) is 4.36. The van der Waals surface area contributed by atoms with Gasteiger partial charge in [0.15, 0.2) is 9.84 Å². The molecule has 2 heterocycles. The summed E-state index contributed by atoms with van der Waals surface area (Å²) in [6.45, 7) is 3.37. The van der Waals surface area contributed by atoms with E-state index >= 15 is 0 Å². The number of para-hydroxylation sites is 1. The first-order chi connectivity index (χ1) is 10.0. The van der Waals surface area contributed by atoms with Gasteiger partial charge in [-0.2, -0.15) is 0 Å². The highest BCUT2D eigenvalue weighted by Crippen LogP contribution is 2.28. The number of benzene rings is 1. The third-order valence-electron chi connectivity index (χ3n) is 4.47. The van der Waals surface area contributed by atoms with Crippen molar-refractivity contribution < 1.29 is 13.2 Å². The summed E-state index contributed by atoms with van der Waals surface area (Å²) in [5, 5.41) is -0.291. The van der Waals surface area contributed by atoms with Crippen LogP contribution in [0.15, 0.2) is 30.3 Å². The highest BCUT2D eigenvalue weighted by Gasteiger charge is 2.45. The van der Waals surface area contributed by atoms with Crippen LogP contribution < -0.4 is 4.90 Å². The van der Waals surface area contributed by atoms with Crippen LogP contribution in [-0.4, -0.2) is 55.9 Å². The lowest BCUT2D eigenvalue weighted by Gasteiger charge is -2.41. The zero-order valence-electron chi connectivity index (χ0n) is 12.1. The molecule has 2 aliphatic rings. The number of amides is 1. The second-order valence-electron chi connectivity index (χ2n) is 5.66. The second kappa shape index (κ2) is 5.42. The SMILES string of the molecule is CCS(=O)(=O)C1CN(C2CCN(c3ccccc3)C2=O)C1. The highest BCUT2D eigenvalue weighted by atomic mass is 32.2. The summed E-state index contributed by atoms with van der Waals surface area (Å²) in [6.07, 6.45) is 0.770. The monoisotopic (exact) mass is 308 g/mol. The molecular formula is C15H20N2O3S. The Morgan fingerprint density at radius 1 is 1.19 bits per heavy atom. The van der Waals surface area contributed by atoms with Gasteiger partial charge in [0.2, 0.25) is 5.91 Å². The van der Waals surface area contributed by atoms with Crippen molar-refractivity contribution in [1.82, 2.24) is 4.90 Å². The lowest BCUT2D eigenvalue weighted by molar-refractivity contribution is -0.122. The molecule has 1 unspecified atom stereocenters. The Kier molecular flexibility index (Phi) is 3.75. The molecule has 0 saturated carbocycles. The molecule has 114 valence electrons. The van der Waals surface area contributed by atoms with Crippen LogP contribution in [0.2, 0.25) is 0 Å². The normalized spacial score (nSPS) is 24.3. The lowest BCUT2D eigenvalue weighted by Crippen LogP contribution is -2.60. The number of carbonyl (C=O) groups is 1. The van der Waals surface area contributed by atoms with Gasteiger partial charge >= 0.3 is 0 Å². The number of hydrogen-bond acceptors (Lipinski definition) is 4. The van der Waals surface area contributed by atoms with E-state index in [9.17, 15) is 13.2 Å². The minimum absolute atomic E-state index is 0.0912. The van der Waals surface area contributed by atoms with Crippen molar-refractivity contribution in [1.29, 1.82) is 0 Å². The fraction of sp³-hybridized carbons (Fsp3) is 0.533. The molecule has 0 bridgehead atoms. The molecule has 3 rings (SSSR count). The highest BCUT2D eigenvalue weighted by molar-refractivity contribution is 7.92. The van der Waals surface area contributed by atoms with E-state index in [4.69, 9.17) is 0 Å². The van der Waals surface area contributed by atoms with Crippen LogP contribution in [0.25, 0.3) is 0 Å². The molecule has 1 aromatic rings. The first kappa shape index (κ1) is 14.5. The zero-order valence-corrected chi connectivity index (χ0v) is 12.9. The molecule has 2 fully saturated rings. The molecule has 1 amide bonds. The molecule has 2 aliphatic heterocycles. The summed E-state index contributed by atoms with van der Waals surface area (Å²) in [6, 6.07) is 9.47. The Labute approximate surface area is 125 Å². The Balaban J connectivity index is 1.64. The van der Waals surface area contributed by atoms with Crippen LogP contribution in [0.5, 0.6) is 0 Å². The van der Waals surface area contributed by atoms with Gasteiger partial charge in [-0.05, 0) is 18.6 Å². The molecule has 0 N–H and O–H groups in total. The van der Waals surface area contributed by atoms with E-state index in [1.54, 1.807) is 11.8 Å². The second-order valence-corrected chi connectivity index (χ2v) is 8.23. The van der Waals surface area contributed by atoms with Gasteiger partial charge < -0.3 is 4.90 Å². The van der Waals surface area contributed by atoms with Crippen LogP contribution in [0.1, 0.15) is 13.3 Å². The first-order valence-electron chi connectivity index (χ1n) is 7.35. The van der Waals surface area contributed by atoms with E-state index < -0.39 is 9.84 Å². The molecule has 1 atom stereocenters. The van der Waals surface area contributed by atoms with Crippen LogP contribution >= 0.6 is 0 Å². The van der Waals surface area contributed by atoms with Crippen LogP contribution in [0.3, 0.4) is 0 Å². The Bertz CT molecular complexity index is 624. The third-order valence-corrected chi connectivity index (χ3v) is 6.59. The maximum atomic E-state index is 12.5.